The zero-order chi connectivity index (χ0) is 33.1. The van der Waals surface area contributed by atoms with Crippen molar-refractivity contribution in [3.05, 3.63) is 108 Å². The summed E-state index contributed by atoms with van der Waals surface area (Å²) in [6.45, 7) is 4.18. The van der Waals surface area contributed by atoms with E-state index >= 15 is 0 Å². The summed E-state index contributed by atoms with van der Waals surface area (Å²) in [7, 11) is 0. The second-order valence-corrected chi connectivity index (χ2v) is 11.5. The Morgan fingerprint density at radius 2 is 1.79 bits per heavy atom. The van der Waals surface area contributed by atoms with Gasteiger partial charge in [-0.3, -0.25) is 19.0 Å². The Balaban J connectivity index is 1.37. The van der Waals surface area contributed by atoms with E-state index in [-0.39, 0.29) is 69.2 Å². The molecule has 2 aliphatic heterocycles. The molecule has 0 aliphatic carbocycles. The van der Waals surface area contributed by atoms with Crippen molar-refractivity contribution in [2.45, 2.75) is 31.7 Å². The van der Waals surface area contributed by atoms with Gasteiger partial charge >= 0.3 is 6.03 Å². The molecule has 13 heteroatoms. The second kappa shape index (κ2) is 13.4. The third kappa shape index (κ3) is 6.30. The zero-order valence-corrected chi connectivity index (χ0v) is 25.7. The van der Waals surface area contributed by atoms with E-state index in [4.69, 9.17) is 5.73 Å². The van der Waals surface area contributed by atoms with Crippen molar-refractivity contribution in [1.29, 1.82) is 0 Å². The number of rotatable bonds is 9. The molecular weight excluding hydrogens is 600 g/mol. The number of hydrogen-bond acceptors (Lipinski definition) is 8. The van der Waals surface area contributed by atoms with Crippen LogP contribution in [0.5, 0.6) is 5.75 Å². The molecule has 4 amide bonds. The van der Waals surface area contributed by atoms with Crippen LogP contribution in [0, 0.1) is 0 Å². The van der Waals surface area contributed by atoms with Gasteiger partial charge in [-0.05, 0) is 34.9 Å². The van der Waals surface area contributed by atoms with Crippen LogP contribution >= 0.6 is 0 Å². The maximum Gasteiger partial charge on any atom is 0.334 e. The first-order valence-corrected chi connectivity index (χ1v) is 15.3. The van der Waals surface area contributed by atoms with Gasteiger partial charge < -0.3 is 26.0 Å². The normalized spacial score (nSPS) is 18.4. The molecule has 1 aromatic heterocycles. The van der Waals surface area contributed by atoms with Crippen molar-refractivity contribution >= 4 is 34.8 Å². The van der Waals surface area contributed by atoms with E-state index in [2.05, 4.69) is 16.9 Å². The number of aromatic nitrogens is 2. The van der Waals surface area contributed by atoms with Gasteiger partial charge in [0.1, 0.15) is 24.3 Å². The van der Waals surface area contributed by atoms with E-state index in [0.29, 0.717) is 16.6 Å². The molecule has 4 aromatic rings. The second-order valence-electron chi connectivity index (χ2n) is 11.5. The summed E-state index contributed by atoms with van der Waals surface area (Å²) in [5, 5.41) is 16.0. The average Bonchev–Trinajstić information content (AvgIpc) is 3.52. The van der Waals surface area contributed by atoms with Crippen molar-refractivity contribution in [2.75, 3.05) is 26.2 Å². The van der Waals surface area contributed by atoms with Crippen LogP contribution in [-0.4, -0.2) is 96.6 Å². The highest BCUT2D eigenvalue weighted by molar-refractivity contribution is 5.94. The summed E-state index contributed by atoms with van der Waals surface area (Å²) in [6, 6.07) is 20.0. The Morgan fingerprint density at radius 1 is 1.02 bits per heavy atom. The average molecular weight is 637 g/mol. The van der Waals surface area contributed by atoms with Crippen LogP contribution in [0.4, 0.5) is 4.79 Å². The van der Waals surface area contributed by atoms with Crippen molar-refractivity contribution in [2.24, 2.45) is 5.73 Å². The molecule has 3 heterocycles. The van der Waals surface area contributed by atoms with Gasteiger partial charge in [0.25, 0.3) is 0 Å². The lowest BCUT2D eigenvalue weighted by Crippen LogP contribution is -2.76. The highest BCUT2D eigenvalue weighted by Gasteiger charge is 2.51. The SMILES string of the molecule is C=CCN1CC(=O)N2[C@@H](Cc3ccc(O)cc3)C(=O)N(Cc3cccc4c3ncn4C(=O)CN)C[C@@H]2N1C(=O)NCc1ccccc1. The molecule has 0 unspecified atom stereocenters. The van der Waals surface area contributed by atoms with E-state index in [1.54, 1.807) is 40.3 Å². The number of aromatic hydroxyl groups is 1. The predicted octanol–water partition coefficient (Wildman–Crippen LogP) is 2.08. The first-order valence-electron chi connectivity index (χ1n) is 15.3. The summed E-state index contributed by atoms with van der Waals surface area (Å²) in [5.41, 5.74) is 9.06. The minimum atomic E-state index is -0.934. The number of nitrogens with zero attached hydrogens (tertiary/aromatic N) is 6. The lowest BCUT2D eigenvalue weighted by Gasteiger charge is -2.55. The number of carbonyl (C=O) groups excluding carboxylic acids is 4. The van der Waals surface area contributed by atoms with Crippen molar-refractivity contribution in [1.82, 2.24) is 34.7 Å². The Morgan fingerprint density at radius 3 is 2.51 bits per heavy atom. The van der Waals surface area contributed by atoms with E-state index in [1.165, 1.54) is 32.9 Å². The smallest absolute Gasteiger partial charge is 0.334 e. The number of imidazole rings is 1. The Labute approximate surface area is 271 Å². The van der Waals surface area contributed by atoms with E-state index in [0.717, 1.165) is 11.1 Å². The maximum atomic E-state index is 14.3. The molecule has 0 bridgehead atoms. The van der Waals surface area contributed by atoms with Crippen LogP contribution in [0.1, 0.15) is 21.5 Å². The summed E-state index contributed by atoms with van der Waals surface area (Å²) in [6.07, 6.45) is 2.38. The summed E-state index contributed by atoms with van der Waals surface area (Å²) >= 11 is 0. The van der Waals surface area contributed by atoms with Gasteiger partial charge in [-0.1, -0.05) is 60.7 Å². The molecule has 242 valence electrons. The van der Waals surface area contributed by atoms with Gasteiger partial charge in [-0.25, -0.2) is 19.8 Å². The number of piperazine rings is 1. The number of amides is 4. The first kappa shape index (κ1) is 31.5. The molecule has 2 saturated heterocycles. The molecule has 0 saturated carbocycles. The molecule has 0 spiro atoms. The number of fused-ring (bicyclic) bond motifs is 2. The van der Waals surface area contributed by atoms with Crippen LogP contribution in [0.15, 0.2) is 91.8 Å². The largest absolute Gasteiger partial charge is 0.508 e. The number of nitrogens with two attached hydrogens (primary N) is 1. The number of carbonyl (C=O) groups is 4. The molecule has 0 radical (unpaired) electrons. The molecule has 2 atom stereocenters. The predicted molar refractivity (Wildman–Crippen MR) is 173 cm³/mol. The van der Waals surface area contributed by atoms with Crippen LogP contribution in [0.25, 0.3) is 11.0 Å². The standard InChI is InChI=1S/C34H36N8O5/c1-2-15-39-21-31(45)41-28(16-23-11-13-26(43)14-12-23)33(46)38(19-25-9-6-10-27-32(25)37-22-40(27)30(44)17-35)20-29(41)42(39)34(47)36-18-24-7-4-3-5-8-24/h2-14,22,28-29,43H,1,15-21,35H2,(H,36,47)/t28-,29-/m0/s1. The lowest BCUT2D eigenvalue weighted by atomic mass is 9.98. The molecule has 13 nitrogen and oxygen atoms in total. The number of para-hydroxylation sites is 1. The Hall–Kier alpha value is -5.53. The monoisotopic (exact) mass is 636 g/mol. The summed E-state index contributed by atoms with van der Waals surface area (Å²) in [5.74, 6) is -0.816. The molecule has 3 aromatic carbocycles. The van der Waals surface area contributed by atoms with Crippen LogP contribution in [-0.2, 0) is 29.1 Å². The fourth-order valence-corrected chi connectivity index (χ4v) is 6.28. The van der Waals surface area contributed by atoms with E-state index in [1.807, 2.05) is 36.4 Å². The van der Waals surface area contributed by atoms with Crippen LogP contribution in [0.2, 0.25) is 0 Å². The minimum Gasteiger partial charge on any atom is -0.508 e. The topological polar surface area (TPSA) is 157 Å². The molecule has 4 N–H and O–H groups in total. The van der Waals surface area contributed by atoms with Crippen LogP contribution < -0.4 is 11.1 Å². The Bertz CT molecular complexity index is 1810. The van der Waals surface area contributed by atoms with Crippen molar-refractivity contribution in [3.8, 4) is 5.75 Å². The molecule has 47 heavy (non-hydrogen) atoms. The quantitative estimate of drug-likeness (QED) is 0.236. The van der Waals surface area contributed by atoms with Crippen molar-refractivity contribution < 1.29 is 24.3 Å². The fraction of sp³-hybridized carbons (Fsp3) is 0.265. The highest BCUT2D eigenvalue weighted by Crippen LogP contribution is 2.30. The van der Waals surface area contributed by atoms with Crippen LogP contribution in [0.3, 0.4) is 0 Å². The van der Waals surface area contributed by atoms with Gasteiger partial charge in [0.15, 0.2) is 0 Å². The zero-order valence-electron chi connectivity index (χ0n) is 25.7. The number of nitrogens with one attached hydrogen (secondary N) is 1. The number of benzene rings is 3. The lowest BCUT2D eigenvalue weighted by molar-refractivity contribution is -0.189. The number of phenols is 1. The van der Waals surface area contributed by atoms with Gasteiger partial charge in [-0.2, -0.15) is 0 Å². The maximum absolute atomic E-state index is 14.3. The molecule has 6 rings (SSSR count). The number of hydrogen-bond donors (Lipinski definition) is 3. The number of hydrazine groups is 1. The fourth-order valence-electron chi connectivity index (χ4n) is 6.28. The van der Waals surface area contributed by atoms with Gasteiger partial charge in [-0.15, -0.1) is 6.58 Å². The van der Waals surface area contributed by atoms with E-state index in [9.17, 15) is 24.3 Å². The molecular formula is C34H36N8O5. The Kier molecular flexibility index (Phi) is 9.00. The molecule has 2 fully saturated rings. The van der Waals surface area contributed by atoms with Gasteiger partial charge in [0, 0.05) is 26.1 Å². The van der Waals surface area contributed by atoms with Gasteiger partial charge in [0.05, 0.1) is 30.7 Å². The third-order valence-corrected chi connectivity index (χ3v) is 8.49. The van der Waals surface area contributed by atoms with Crippen molar-refractivity contribution in [3.63, 3.8) is 0 Å². The number of phenolic OH excluding ortho intramolecular Hbond substituents is 1. The third-order valence-electron chi connectivity index (χ3n) is 8.49. The van der Waals surface area contributed by atoms with Gasteiger partial charge in [0.2, 0.25) is 17.7 Å². The molecule has 2 aliphatic rings. The summed E-state index contributed by atoms with van der Waals surface area (Å²) in [4.78, 5) is 62.1. The minimum absolute atomic E-state index is 0.0296. The summed E-state index contributed by atoms with van der Waals surface area (Å²) < 4.78 is 1.39. The number of urea groups is 1. The van der Waals surface area contributed by atoms with E-state index < -0.39 is 18.2 Å². The first-order chi connectivity index (χ1) is 22.8. The highest BCUT2D eigenvalue weighted by atomic mass is 16.3.